The van der Waals surface area contributed by atoms with Gasteiger partial charge in [-0.1, -0.05) is 38.2 Å². The number of hydrogen-bond donors (Lipinski definition) is 3. The maximum Gasteiger partial charge on any atom is 0.405 e. The Morgan fingerprint density at radius 2 is 1.69 bits per heavy atom. The third-order valence-corrected chi connectivity index (χ3v) is 7.37. The van der Waals surface area contributed by atoms with E-state index >= 15 is 0 Å². The number of carbonyl (C=O) groups excluding carboxylic acids is 2. The van der Waals surface area contributed by atoms with Crippen LogP contribution in [0.5, 0.6) is 17.2 Å². The Kier molecular flexibility index (Phi) is 13.4. The number of carbonyl (C=O) groups is 2. The predicted octanol–water partition coefficient (Wildman–Crippen LogP) is 4.17. The number of methoxy groups -OCH3 is 5. The fraction of sp³-hybridized carbons (Fsp3) is 0.548. The van der Waals surface area contributed by atoms with Crippen LogP contribution in [0.25, 0.3) is 0 Å². The van der Waals surface area contributed by atoms with Gasteiger partial charge in [-0.15, -0.1) is 0 Å². The predicted molar refractivity (Wildman–Crippen MR) is 160 cm³/mol. The highest BCUT2D eigenvalue weighted by Crippen LogP contribution is 2.45. The summed E-state index contributed by atoms with van der Waals surface area (Å²) in [6.07, 6.45) is 3.73. The van der Waals surface area contributed by atoms with Gasteiger partial charge in [0.15, 0.2) is 17.6 Å². The summed E-state index contributed by atoms with van der Waals surface area (Å²) in [5, 5.41) is 14.2. The normalized spacial score (nSPS) is 29.2. The van der Waals surface area contributed by atoms with Crippen molar-refractivity contribution in [3.8, 4) is 17.2 Å². The van der Waals surface area contributed by atoms with E-state index in [2.05, 4.69) is 5.32 Å². The van der Waals surface area contributed by atoms with Crippen molar-refractivity contribution in [3.05, 3.63) is 47.1 Å². The van der Waals surface area contributed by atoms with Gasteiger partial charge < -0.3 is 44.6 Å². The molecule has 11 nitrogen and oxygen atoms in total. The molecule has 2 bridgehead atoms. The van der Waals surface area contributed by atoms with Crippen molar-refractivity contribution in [2.75, 3.05) is 40.9 Å². The van der Waals surface area contributed by atoms with E-state index in [4.69, 9.17) is 34.2 Å². The topological polar surface area (TPSA) is 148 Å². The first-order valence-electron chi connectivity index (χ1n) is 13.8. The molecule has 0 aliphatic carbocycles. The van der Waals surface area contributed by atoms with Crippen molar-refractivity contribution < 1.29 is 43.1 Å². The Labute approximate surface area is 248 Å². The number of aliphatic hydroxyl groups excluding tert-OH is 1. The molecular weight excluding hydrogens is 544 g/mol. The molecule has 1 aromatic rings. The second kappa shape index (κ2) is 16.2. The number of ether oxygens (including phenoxy) is 6. The van der Waals surface area contributed by atoms with Crippen LogP contribution in [0.3, 0.4) is 0 Å². The summed E-state index contributed by atoms with van der Waals surface area (Å²) in [5.74, 6) is 0.616. The summed E-state index contributed by atoms with van der Waals surface area (Å²) in [6, 6.07) is 1.65. The van der Waals surface area contributed by atoms with E-state index in [1.54, 1.807) is 52.4 Å². The maximum atomic E-state index is 13.2. The molecule has 2 rings (SSSR count). The molecular formula is C31H46N2O9. The zero-order chi connectivity index (χ0) is 31.6. The summed E-state index contributed by atoms with van der Waals surface area (Å²) < 4.78 is 33.8. The quantitative estimate of drug-likeness (QED) is 0.415. The van der Waals surface area contributed by atoms with Gasteiger partial charge in [0.05, 0.1) is 39.2 Å². The van der Waals surface area contributed by atoms with Gasteiger partial charge in [0, 0.05) is 37.3 Å². The summed E-state index contributed by atoms with van der Waals surface area (Å²) in [6.45, 7) is 7.33. The van der Waals surface area contributed by atoms with Crippen LogP contribution >= 0.6 is 0 Å². The minimum absolute atomic E-state index is 0.0166. The van der Waals surface area contributed by atoms with E-state index in [0.717, 1.165) is 0 Å². The highest BCUT2D eigenvalue weighted by molar-refractivity contribution is 6.04. The minimum Gasteiger partial charge on any atom is -0.494 e. The van der Waals surface area contributed by atoms with Gasteiger partial charge >= 0.3 is 6.09 Å². The Morgan fingerprint density at radius 3 is 2.24 bits per heavy atom. The SMILES string of the molecule is COc1cc2c(OC)c(c1OC)C[C@@H](C)C[C@@H](OC)[C@@H](O)[C@@H](C)/C=C(/C)[C@@H](OC(N)=O)[C@H](OC)/C=C\C=C(\C)C(=O)N2. The second-order valence-electron chi connectivity index (χ2n) is 10.5. The molecule has 1 heterocycles. The fourth-order valence-corrected chi connectivity index (χ4v) is 5.17. The van der Waals surface area contributed by atoms with Gasteiger partial charge in [-0.25, -0.2) is 4.79 Å². The van der Waals surface area contributed by atoms with Crippen LogP contribution in [0.2, 0.25) is 0 Å². The summed E-state index contributed by atoms with van der Waals surface area (Å²) in [5.41, 5.74) is 7.53. The van der Waals surface area contributed by atoms with Crippen LogP contribution < -0.4 is 25.3 Å². The lowest BCUT2D eigenvalue weighted by atomic mass is 9.87. The summed E-state index contributed by atoms with van der Waals surface area (Å²) in [7, 11) is 7.63. The van der Waals surface area contributed by atoms with Crippen molar-refractivity contribution in [3.63, 3.8) is 0 Å². The molecule has 1 aliphatic rings. The van der Waals surface area contributed by atoms with Crippen LogP contribution in [0.1, 0.15) is 39.7 Å². The van der Waals surface area contributed by atoms with E-state index < -0.39 is 30.5 Å². The fourth-order valence-electron chi connectivity index (χ4n) is 5.17. The van der Waals surface area contributed by atoms with E-state index in [0.29, 0.717) is 52.5 Å². The standard InChI is InChI=1S/C31H46N2O9/c1-17-13-21-28(40-8)22(16-25(39-7)29(21)41-9)33-30(35)18(2)11-10-12-23(37-5)27(42-31(32)36)20(4)15-19(3)26(34)24(14-17)38-6/h10-12,15-17,19,23-24,26-27,34H,13-14H2,1-9H3,(H2,32,36)(H,33,35)/b12-10-,18-11-,20-15-/t17-,19+,23-,24-,26+,27-/m1/s1. The first-order chi connectivity index (χ1) is 19.9. The van der Waals surface area contributed by atoms with Crippen molar-refractivity contribution in [1.82, 2.24) is 0 Å². The van der Waals surface area contributed by atoms with E-state index in [1.165, 1.54) is 21.3 Å². The number of anilines is 1. The van der Waals surface area contributed by atoms with Gasteiger partial charge in [0.25, 0.3) is 5.91 Å². The van der Waals surface area contributed by atoms with E-state index in [9.17, 15) is 14.7 Å². The molecule has 6 atom stereocenters. The summed E-state index contributed by atoms with van der Waals surface area (Å²) >= 11 is 0. The lowest BCUT2D eigenvalue weighted by Gasteiger charge is -2.30. The monoisotopic (exact) mass is 590 g/mol. The number of amides is 2. The first-order valence-corrected chi connectivity index (χ1v) is 13.8. The number of aliphatic hydroxyl groups is 1. The molecule has 0 radical (unpaired) electrons. The van der Waals surface area contributed by atoms with Crippen molar-refractivity contribution in [1.29, 1.82) is 0 Å². The van der Waals surface area contributed by atoms with Gasteiger partial charge in [-0.2, -0.15) is 0 Å². The molecule has 0 saturated carbocycles. The van der Waals surface area contributed by atoms with Gasteiger partial charge in [-0.3, -0.25) is 4.79 Å². The third kappa shape index (κ3) is 8.73. The number of allylic oxidation sites excluding steroid dienone is 2. The van der Waals surface area contributed by atoms with Crippen LogP contribution in [-0.2, 0) is 25.4 Å². The van der Waals surface area contributed by atoms with Gasteiger partial charge in [0.1, 0.15) is 11.9 Å². The van der Waals surface area contributed by atoms with E-state index in [1.807, 2.05) is 19.9 Å². The molecule has 0 spiro atoms. The number of fused-ring (bicyclic) bond motifs is 2. The zero-order valence-corrected chi connectivity index (χ0v) is 26.1. The second-order valence-corrected chi connectivity index (χ2v) is 10.5. The van der Waals surface area contributed by atoms with Crippen molar-refractivity contribution in [2.45, 2.75) is 65.0 Å². The molecule has 2 amide bonds. The van der Waals surface area contributed by atoms with Crippen LogP contribution in [0.15, 0.2) is 41.5 Å². The van der Waals surface area contributed by atoms with Crippen LogP contribution in [0, 0.1) is 11.8 Å². The van der Waals surface area contributed by atoms with Gasteiger partial charge in [0.2, 0.25) is 0 Å². The Morgan fingerprint density at radius 1 is 1.02 bits per heavy atom. The van der Waals surface area contributed by atoms with Crippen LogP contribution in [-0.4, -0.2) is 77.1 Å². The van der Waals surface area contributed by atoms with Crippen molar-refractivity contribution >= 4 is 17.7 Å². The molecule has 0 unspecified atom stereocenters. The Balaban J connectivity index is 2.72. The van der Waals surface area contributed by atoms with Crippen molar-refractivity contribution in [2.24, 2.45) is 17.6 Å². The molecule has 234 valence electrons. The number of primary amides is 1. The zero-order valence-electron chi connectivity index (χ0n) is 26.1. The molecule has 1 aliphatic heterocycles. The average molecular weight is 591 g/mol. The molecule has 0 aromatic heterocycles. The largest absolute Gasteiger partial charge is 0.494 e. The van der Waals surface area contributed by atoms with E-state index in [-0.39, 0.29) is 17.7 Å². The third-order valence-electron chi connectivity index (χ3n) is 7.37. The molecule has 1 aromatic carbocycles. The lowest BCUT2D eigenvalue weighted by Crippen LogP contribution is -2.37. The minimum atomic E-state index is -0.967. The maximum absolute atomic E-state index is 13.2. The molecule has 0 fully saturated rings. The number of benzene rings is 1. The molecule has 4 N–H and O–H groups in total. The van der Waals surface area contributed by atoms with Crippen LogP contribution in [0.4, 0.5) is 10.5 Å². The lowest BCUT2D eigenvalue weighted by molar-refractivity contribution is -0.112. The Bertz CT molecular complexity index is 1180. The smallest absolute Gasteiger partial charge is 0.405 e. The molecule has 0 saturated heterocycles. The number of hydrogen-bond acceptors (Lipinski definition) is 9. The number of nitrogens with two attached hydrogens (primary N) is 1. The highest BCUT2D eigenvalue weighted by atomic mass is 16.6. The number of nitrogens with one attached hydrogen (secondary N) is 1. The average Bonchev–Trinajstić information content (AvgIpc) is 2.95. The molecule has 42 heavy (non-hydrogen) atoms. The van der Waals surface area contributed by atoms with Gasteiger partial charge in [-0.05, 0) is 38.2 Å². The highest BCUT2D eigenvalue weighted by Gasteiger charge is 2.30. The number of rotatable bonds is 6. The Hall–Kier alpha value is -3.54. The first kappa shape index (κ1) is 34.7. The molecule has 11 heteroatoms. The summed E-state index contributed by atoms with van der Waals surface area (Å²) in [4.78, 5) is 25.0.